The molecule has 1 amide bonds. The van der Waals surface area contributed by atoms with E-state index < -0.39 is 6.10 Å². The molecule has 0 spiro atoms. The second-order valence-electron chi connectivity index (χ2n) is 5.68. The molecule has 0 bridgehead atoms. The van der Waals surface area contributed by atoms with Crippen LogP contribution in [0.25, 0.3) is 0 Å². The fourth-order valence-electron chi connectivity index (χ4n) is 3.36. The Hall–Kier alpha value is -1.26. The first kappa shape index (κ1) is 13.7. The zero-order valence-corrected chi connectivity index (χ0v) is 12.4. The lowest BCUT2D eigenvalue weighted by atomic mass is 10.1. The van der Waals surface area contributed by atoms with Crippen LogP contribution in [-0.4, -0.2) is 23.1 Å². The third kappa shape index (κ3) is 1.98. The summed E-state index contributed by atoms with van der Waals surface area (Å²) in [4.78, 5) is 13.9. The topological polar surface area (TPSA) is 52.6 Å². The first-order chi connectivity index (χ1) is 9.52. The van der Waals surface area contributed by atoms with E-state index in [4.69, 9.17) is 11.6 Å². The van der Waals surface area contributed by atoms with Crippen LogP contribution in [0, 0.1) is 0 Å². The van der Waals surface area contributed by atoms with Gasteiger partial charge in [0.1, 0.15) is 0 Å². The van der Waals surface area contributed by atoms with Crippen molar-refractivity contribution in [1.82, 2.24) is 0 Å². The van der Waals surface area contributed by atoms with Crippen LogP contribution in [0.15, 0.2) is 12.1 Å². The number of hydrogen-bond donors (Lipinski definition) is 2. The van der Waals surface area contributed by atoms with Crippen molar-refractivity contribution in [2.45, 2.75) is 51.3 Å². The largest absolute Gasteiger partial charge is 0.378 e. The molecular weight excluding hydrogens is 276 g/mol. The Kier molecular flexibility index (Phi) is 3.38. The van der Waals surface area contributed by atoms with Crippen LogP contribution in [0.4, 0.5) is 11.4 Å². The van der Waals surface area contributed by atoms with E-state index >= 15 is 0 Å². The third-order valence-electron chi connectivity index (χ3n) is 4.46. The average molecular weight is 295 g/mol. The molecule has 1 aromatic rings. The Balaban J connectivity index is 2.03. The van der Waals surface area contributed by atoms with Gasteiger partial charge in [-0.05, 0) is 38.3 Å². The van der Waals surface area contributed by atoms with Gasteiger partial charge in [0.2, 0.25) is 0 Å². The third-order valence-corrected chi connectivity index (χ3v) is 4.76. The highest BCUT2D eigenvalue weighted by atomic mass is 35.5. The number of aliphatic hydroxyl groups excluding tert-OH is 1. The summed E-state index contributed by atoms with van der Waals surface area (Å²) in [5.41, 5.74) is 2.20. The molecule has 4 nitrogen and oxygen atoms in total. The molecule has 2 heterocycles. The number of carbonyl (C=O) groups is 1. The second kappa shape index (κ2) is 4.93. The van der Waals surface area contributed by atoms with E-state index in [0.717, 1.165) is 18.5 Å². The molecule has 1 saturated heterocycles. The van der Waals surface area contributed by atoms with E-state index in [1.165, 1.54) is 6.42 Å². The molecule has 3 rings (SSSR count). The lowest BCUT2D eigenvalue weighted by Gasteiger charge is -2.31. The van der Waals surface area contributed by atoms with E-state index in [1.54, 1.807) is 6.07 Å². The van der Waals surface area contributed by atoms with Crippen molar-refractivity contribution >= 4 is 28.9 Å². The predicted octanol–water partition coefficient (Wildman–Crippen LogP) is 3.09. The predicted molar refractivity (Wildman–Crippen MR) is 80.3 cm³/mol. The summed E-state index contributed by atoms with van der Waals surface area (Å²) in [6.45, 7) is 4.38. The number of nitrogens with one attached hydrogen (secondary N) is 1. The number of anilines is 2. The van der Waals surface area contributed by atoms with Crippen LogP contribution in [0.3, 0.4) is 0 Å². The lowest BCUT2D eigenvalue weighted by Crippen LogP contribution is -2.34. The Morgan fingerprint density at radius 2 is 2.20 bits per heavy atom. The number of carbonyl (C=O) groups excluding carboxylic acids is 1. The average Bonchev–Trinajstić information content (AvgIpc) is 2.91. The Bertz CT molecular complexity index is 561. The molecule has 108 valence electrons. The number of benzene rings is 1. The molecule has 2 N–H and O–H groups in total. The van der Waals surface area contributed by atoms with Gasteiger partial charge in [-0.25, -0.2) is 0 Å². The molecule has 0 aromatic heterocycles. The maximum atomic E-state index is 11.5. The van der Waals surface area contributed by atoms with E-state index in [1.807, 2.05) is 6.07 Å². The molecule has 1 aromatic carbocycles. The van der Waals surface area contributed by atoms with Gasteiger partial charge in [-0.3, -0.25) is 4.79 Å². The number of halogens is 1. The monoisotopic (exact) mass is 294 g/mol. The fourth-order valence-corrected chi connectivity index (χ4v) is 3.63. The summed E-state index contributed by atoms with van der Waals surface area (Å²) >= 11 is 6.40. The Morgan fingerprint density at radius 3 is 2.90 bits per heavy atom. The molecule has 2 aliphatic rings. The maximum Gasteiger partial charge on any atom is 0.257 e. The molecule has 0 saturated carbocycles. The van der Waals surface area contributed by atoms with Crippen molar-refractivity contribution in [2.75, 3.05) is 10.2 Å². The van der Waals surface area contributed by atoms with Crippen LogP contribution in [-0.2, 0) is 4.79 Å². The van der Waals surface area contributed by atoms with Gasteiger partial charge in [0.05, 0.1) is 10.7 Å². The van der Waals surface area contributed by atoms with E-state index in [2.05, 4.69) is 24.1 Å². The van der Waals surface area contributed by atoms with E-state index in [0.29, 0.717) is 28.4 Å². The summed E-state index contributed by atoms with van der Waals surface area (Å²) in [5.74, 6) is -0.380. The molecule has 0 radical (unpaired) electrons. The minimum Gasteiger partial charge on any atom is -0.378 e. The van der Waals surface area contributed by atoms with Gasteiger partial charge in [0.25, 0.3) is 5.91 Å². The van der Waals surface area contributed by atoms with Gasteiger partial charge < -0.3 is 15.3 Å². The zero-order chi connectivity index (χ0) is 14.4. The molecule has 2 aliphatic heterocycles. The fraction of sp³-hybridized carbons (Fsp3) is 0.533. The highest BCUT2D eigenvalue weighted by Crippen LogP contribution is 2.42. The Labute approximate surface area is 123 Å². The van der Waals surface area contributed by atoms with Crippen molar-refractivity contribution < 1.29 is 9.90 Å². The summed E-state index contributed by atoms with van der Waals surface area (Å²) < 4.78 is 0. The van der Waals surface area contributed by atoms with Crippen LogP contribution >= 0.6 is 11.6 Å². The van der Waals surface area contributed by atoms with Crippen LogP contribution < -0.4 is 10.2 Å². The molecule has 1 fully saturated rings. The standard InChI is InChI=1S/C15H19ClN2O2/c1-3-9-5-4-8(2)18(9)13-7-12-10(6-11(13)16)14(19)15(20)17-12/h6-9,14,19H,3-5H2,1-2H3,(H,17,20). The molecular formula is C15H19ClN2O2. The van der Waals surface area contributed by atoms with Crippen molar-refractivity contribution in [1.29, 1.82) is 0 Å². The lowest BCUT2D eigenvalue weighted by molar-refractivity contribution is -0.123. The van der Waals surface area contributed by atoms with Crippen LogP contribution in [0.2, 0.25) is 5.02 Å². The van der Waals surface area contributed by atoms with Crippen molar-refractivity contribution in [2.24, 2.45) is 0 Å². The smallest absolute Gasteiger partial charge is 0.257 e. The van der Waals surface area contributed by atoms with E-state index in [-0.39, 0.29) is 5.91 Å². The number of aliphatic hydroxyl groups is 1. The summed E-state index contributed by atoms with van der Waals surface area (Å²) in [6, 6.07) is 4.54. The zero-order valence-electron chi connectivity index (χ0n) is 11.7. The van der Waals surface area contributed by atoms with Crippen LogP contribution in [0.1, 0.15) is 44.8 Å². The SMILES string of the molecule is CCC1CCC(C)N1c1cc2c(cc1Cl)C(O)C(=O)N2. The van der Waals surface area contributed by atoms with Gasteiger partial charge >= 0.3 is 0 Å². The highest BCUT2D eigenvalue weighted by molar-refractivity contribution is 6.33. The van der Waals surface area contributed by atoms with Crippen molar-refractivity contribution in [3.05, 3.63) is 22.7 Å². The Morgan fingerprint density at radius 1 is 1.45 bits per heavy atom. The molecule has 0 aliphatic carbocycles. The number of nitrogens with zero attached hydrogens (tertiary/aromatic N) is 1. The molecule has 5 heteroatoms. The first-order valence-electron chi connectivity index (χ1n) is 7.13. The van der Waals surface area contributed by atoms with Gasteiger partial charge in [-0.1, -0.05) is 18.5 Å². The van der Waals surface area contributed by atoms with Gasteiger partial charge in [0.15, 0.2) is 6.10 Å². The maximum absolute atomic E-state index is 11.5. The summed E-state index contributed by atoms with van der Waals surface area (Å²) in [7, 11) is 0. The number of fused-ring (bicyclic) bond motifs is 1. The molecule has 20 heavy (non-hydrogen) atoms. The molecule has 3 atom stereocenters. The highest BCUT2D eigenvalue weighted by Gasteiger charge is 2.34. The van der Waals surface area contributed by atoms with Crippen LogP contribution in [0.5, 0.6) is 0 Å². The minimum absolute atomic E-state index is 0.380. The van der Waals surface area contributed by atoms with E-state index in [9.17, 15) is 9.90 Å². The summed E-state index contributed by atoms with van der Waals surface area (Å²) in [6.07, 6.45) is 2.29. The first-order valence-corrected chi connectivity index (χ1v) is 7.51. The number of rotatable bonds is 2. The van der Waals surface area contributed by atoms with Crippen molar-refractivity contribution in [3.63, 3.8) is 0 Å². The van der Waals surface area contributed by atoms with Crippen molar-refractivity contribution in [3.8, 4) is 0 Å². The quantitative estimate of drug-likeness (QED) is 0.881. The second-order valence-corrected chi connectivity index (χ2v) is 6.09. The van der Waals surface area contributed by atoms with Gasteiger partial charge in [-0.15, -0.1) is 0 Å². The van der Waals surface area contributed by atoms with Gasteiger partial charge in [-0.2, -0.15) is 0 Å². The summed E-state index contributed by atoms with van der Waals surface area (Å²) in [5, 5.41) is 13.1. The van der Waals surface area contributed by atoms with Gasteiger partial charge in [0, 0.05) is 23.3 Å². The minimum atomic E-state index is -1.10. The number of amides is 1. The molecule has 3 unspecified atom stereocenters. The number of hydrogen-bond acceptors (Lipinski definition) is 3. The normalized spacial score (nSPS) is 28.7.